The molecular formula is C10H20N2O3. The van der Waals surface area contributed by atoms with E-state index in [9.17, 15) is 9.59 Å². The lowest BCUT2D eigenvalue weighted by molar-refractivity contribution is -0.143. The summed E-state index contributed by atoms with van der Waals surface area (Å²) in [5.74, 6) is -0.431. The third-order valence-corrected chi connectivity index (χ3v) is 1.83. The van der Waals surface area contributed by atoms with Gasteiger partial charge in [-0.15, -0.1) is 0 Å². The molecule has 0 aliphatic heterocycles. The molecular weight excluding hydrogens is 196 g/mol. The Morgan fingerprint density at radius 3 is 1.93 bits per heavy atom. The molecule has 0 unspecified atom stereocenters. The Morgan fingerprint density at radius 1 is 1.07 bits per heavy atom. The van der Waals surface area contributed by atoms with E-state index in [4.69, 9.17) is 0 Å². The summed E-state index contributed by atoms with van der Waals surface area (Å²) in [6.45, 7) is 7.39. The molecule has 15 heavy (non-hydrogen) atoms. The minimum absolute atomic E-state index is 0.00429. The molecule has 0 fully saturated rings. The van der Waals surface area contributed by atoms with Gasteiger partial charge in [0.1, 0.15) is 6.04 Å². The first-order valence-corrected chi connectivity index (χ1v) is 5.03. The highest BCUT2D eigenvalue weighted by Crippen LogP contribution is 2.03. The molecule has 0 saturated heterocycles. The van der Waals surface area contributed by atoms with Gasteiger partial charge in [-0.25, -0.2) is 9.59 Å². The van der Waals surface area contributed by atoms with Crippen molar-refractivity contribution in [1.82, 2.24) is 10.6 Å². The van der Waals surface area contributed by atoms with Gasteiger partial charge in [-0.1, -0.05) is 13.8 Å². The molecule has 0 rings (SSSR count). The van der Waals surface area contributed by atoms with Crippen LogP contribution in [-0.4, -0.2) is 31.2 Å². The summed E-state index contributed by atoms with van der Waals surface area (Å²) in [6, 6.07) is -0.918. The zero-order chi connectivity index (χ0) is 12.0. The standard InChI is InChI=1S/C10H20N2O3/c1-6(2)8(9(13)15-5)12-10(14)11-7(3)4/h6-8H,1-5H3,(H2,11,12,14)/t8-/m0/s1. The van der Waals surface area contributed by atoms with Crippen molar-refractivity contribution >= 4 is 12.0 Å². The fourth-order valence-electron chi connectivity index (χ4n) is 1.07. The van der Waals surface area contributed by atoms with Gasteiger partial charge in [-0.05, 0) is 19.8 Å². The summed E-state index contributed by atoms with van der Waals surface area (Å²) in [6.07, 6.45) is 0. The Morgan fingerprint density at radius 2 is 1.60 bits per heavy atom. The van der Waals surface area contributed by atoms with Crippen LogP contribution in [0.3, 0.4) is 0 Å². The number of carbonyl (C=O) groups is 2. The van der Waals surface area contributed by atoms with E-state index >= 15 is 0 Å². The van der Waals surface area contributed by atoms with Gasteiger partial charge in [-0.3, -0.25) is 0 Å². The van der Waals surface area contributed by atoms with Gasteiger partial charge in [0.15, 0.2) is 0 Å². The lowest BCUT2D eigenvalue weighted by atomic mass is 10.1. The van der Waals surface area contributed by atoms with E-state index in [1.807, 2.05) is 27.7 Å². The fourth-order valence-corrected chi connectivity index (χ4v) is 1.07. The lowest BCUT2D eigenvalue weighted by Crippen LogP contribution is -2.50. The predicted molar refractivity (Wildman–Crippen MR) is 57.4 cm³/mol. The molecule has 0 saturated carbocycles. The Balaban J connectivity index is 4.29. The maximum absolute atomic E-state index is 11.4. The first-order chi connectivity index (χ1) is 6.88. The van der Waals surface area contributed by atoms with Gasteiger partial charge in [0.2, 0.25) is 0 Å². The number of ether oxygens (including phenoxy) is 1. The Labute approximate surface area is 90.6 Å². The Kier molecular flexibility index (Phi) is 5.74. The monoisotopic (exact) mass is 216 g/mol. The van der Waals surface area contributed by atoms with E-state index < -0.39 is 12.0 Å². The largest absolute Gasteiger partial charge is 0.467 e. The van der Waals surface area contributed by atoms with E-state index in [0.29, 0.717) is 0 Å². The number of nitrogens with one attached hydrogen (secondary N) is 2. The SMILES string of the molecule is COC(=O)[C@@H](NC(=O)NC(C)C)C(C)C. The second-order valence-electron chi connectivity index (χ2n) is 4.02. The maximum Gasteiger partial charge on any atom is 0.328 e. The molecule has 0 aromatic carbocycles. The quantitative estimate of drug-likeness (QED) is 0.686. The minimum Gasteiger partial charge on any atom is -0.467 e. The molecule has 0 aliphatic carbocycles. The molecule has 0 bridgehead atoms. The van der Waals surface area contributed by atoms with Crippen LogP contribution in [0.15, 0.2) is 0 Å². The first-order valence-electron chi connectivity index (χ1n) is 5.03. The van der Waals surface area contributed by atoms with Crippen LogP contribution in [0.4, 0.5) is 4.79 Å². The molecule has 2 N–H and O–H groups in total. The van der Waals surface area contributed by atoms with Crippen LogP contribution in [-0.2, 0) is 9.53 Å². The summed E-state index contributed by atoms with van der Waals surface area (Å²) in [7, 11) is 1.31. The Bertz CT molecular complexity index is 227. The summed E-state index contributed by atoms with van der Waals surface area (Å²) in [4.78, 5) is 22.7. The number of esters is 1. The van der Waals surface area contributed by atoms with Gasteiger partial charge in [0.25, 0.3) is 0 Å². The van der Waals surface area contributed by atoms with E-state index in [1.165, 1.54) is 7.11 Å². The first kappa shape index (κ1) is 13.7. The zero-order valence-corrected chi connectivity index (χ0v) is 9.96. The number of carbonyl (C=O) groups excluding carboxylic acids is 2. The summed E-state index contributed by atoms with van der Waals surface area (Å²) in [5.41, 5.74) is 0. The van der Waals surface area contributed by atoms with Crippen LogP contribution in [0, 0.1) is 5.92 Å². The average Bonchev–Trinajstić information content (AvgIpc) is 2.11. The van der Waals surface area contributed by atoms with Crippen molar-refractivity contribution in [2.75, 3.05) is 7.11 Å². The highest BCUT2D eigenvalue weighted by molar-refractivity contribution is 5.83. The molecule has 0 aromatic heterocycles. The summed E-state index contributed by atoms with van der Waals surface area (Å²) < 4.78 is 4.60. The van der Waals surface area contributed by atoms with Crippen molar-refractivity contribution in [2.45, 2.75) is 39.8 Å². The minimum atomic E-state index is -0.603. The molecule has 88 valence electrons. The number of rotatable bonds is 4. The summed E-state index contributed by atoms with van der Waals surface area (Å²) >= 11 is 0. The van der Waals surface area contributed by atoms with Gasteiger partial charge >= 0.3 is 12.0 Å². The highest BCUT2D eigenvalue weighted by atomic mass is 16.5. The second kappa shape index (κ2) is 6.27. The van der Waals surface area contributed by atoms with Gasteiger partial charge < -0.3 is 15.4 Å². The molecule has 1 atom stereocenters. The van der Waals surface area contributed by atoms with E-state index in [-0.39, 0.29) is 18.0 Å². The number of amides is 2. The third-order valence-electron chi connectivity index (χ3n) is 1.83. The maximum atomic E-state index is 11.4. The molecule has 0 heterocycles. The van der Waals surface area contributed by atoms with Gasteiger partial charge in [0, 0.05) is 6.04 Å². The smallest absolute Gasteiger partial charge is 0.328 e. The third kappa shape index (κ3) is 5.24. The van der Waals surface area contributed by atoms with Crippen LogP contribution in [0.5, 0.6) is 0 Å². The molecule has 2 amide bonds. The summed E-state index contributed by atoms with van der Waals surface area (Å²) in [5, 5.41) is 5.22. The molecule has 0 aliphatic rings. The van der Waals surface area contributed by atoms with Gasteiger partial charge in [0.05, 0.1) is 7.11 Å². The fraction of sp³-hybridized carbons (Fsp3) is 0.800. The van der Waals surface area contributed by atoms with Crippen molar-refractivity contribution in [1.29, 1.82) is 0 Å². The number of hydrogen-bond donors (Lipinski definition) is 2. The molecule has 0 spiro atoms. The van der Waals surface area contributed by atoms with Crippen molar-refractivity contribution in [2.24, 2.45) is 5.92 Å². The predicted octanol–water partition coefficient (Wildman–Crippen LogP) is 0.892. The number of hydrogen-bond acceptors (Lipinski definition) is 3. The lowest BCUT2D eigenvalue weighted by Gasteiger charge is -2.20. The topological polar surface area (TPSA) is 67.4 Å². The van der Waals surface area contributed by atoms with Crippen molar-refractivity contribution < 1.29 is 14.3 Å². The van der Waals surface area contributed by atoms with Crippen LogP contribution in [0.2, 0.25) is 0 Å². The normalized spacial score (nSPS) is 12.5. The molecule has 5 nitrogen and oxygen atoms in total. The molecule has 5 heteroatoms. The molecule has 0 radical (unpaired) electrons. The highest BCUT2D eigenvalue weighted by Gasteiger charge is 2.24. The van der Waals surface area contributed by atoms with Crippen molar-refractivity contribution in [3.05, 3.63) is 0 Å². The Hall–Kier alpha value is -1.26. The second-order valence-corrected chi connectivity index (χ2v) is 4.02. The van der Waals surface area contributed by atoms with Crippen LogP contribution < -0.4 is 10.6 Å². The van der Waals surface area contributed by atoms with Crippen LogP contribution in [0.1, 0.15) is 27.7 Å². The van der Waals surface area contributed by atoms with E-state index in [0.717, 1.165) is 0 Å². The van der Waals surface area contributed by atoms with E-state index in [2.05, 4.69) is 15.4 Å². The van der Waals surface area contributed by atoms with Crippen LogP contribution in [0.25, 0.3) is 0 Å². The zero-order valence-electron chi connectivity index (χ0n) is 9.96. The van der Waals surface area contributed by atoms with E-state index in [1.54, 1.807) is 0 Å². The number of methoxy groups -OCH3 is 1. The molecule has 0 aromatic rings. The van der Waals surface area contributed by atoms with Gasteiger partial charge in [-0.2, -0.15) is 0 Å². The van der Waals surface area contributed by atoms with Crippen LogP contribution >= 0.6 is 0 Å². The average molecular weight is 216 g/mol. The van der Waals surface area contributed by atoms with Crippen molar-refractivity contribution in [3.63, 3.8) is 0 Å². The van der Waals surface area contributed by atoms with Crippen molar-refractivity contribution in [3.8, 4) is 0 Å². The number of urea groups is 1.